The molecule has 140 valence electrons. The van der Waals surface area contributed by atoms with Crippen LogP contribution in [0, 0.1) is 6.92 Å². The molecule has 0 unspecified atom stereocenters. The van der Waals surface area contributed by atoms with Crippen molar-refractivity contribution in [1.29, 1.82) is 0 Å². The van der Waals surface area contributed by atoms with Crippen molar-refractivity contribution in [1.82, 2.24) is 14.7 Å². The summed E-state index contributed by atoms with van der Waals surface area (Å²) in [6, 6.07) is 7.07. The largest absolute Gasteiger partial charge is 0.342 e. The molecule has 2 aliphatic heterocycles. The molecule has 1 aromatic rings. The smallest absolute Gasteiger partial charge is 0.295 e. The second-order valence-corrected chi connectivity index (χ2v) is 7.20. The van der Waals surface area contributed by atoms with E-state index in [1.807, 2.05) is 24.0 Å². The van der Waals surface area contributed by atoms with E-state index < -0.39 is 11.7 Å². The van der Waals surface area contributed by atoms with Crippen molar-refractivity contribution in [3.63, 3.8) is 0 Å². The van der Waals surface area contributed by atoms with E-state index in [0.717, 1.165) is 31.5 Å². The van der Waals surface area contributed by atoms with Crippen LogP contribution in [0.15, 0.2) is 24.3 Å². The first-order valence-corrected chi connectivity index (χ1v) is 9.45. The third-order valence-electron chi connectivity index (χ3n) is 5.24. The number of hydrogen-bond donors (Lipinski definition) is 0. The summed E-state index contributed by atoms with van der Waals surface area (Å²) < 4.78 is 0. The molecule has 0 radical (unpaired) electrons. The van der Waals surface area contributed by atoms with E-state index in [1.165, 1.54) is 6.42 Å². The predicted octanol–water partition coefficient (Wildman–Crippen LogP) is 1.33. The second-order valence-electron chi connectivity index (χ2n) is 7.20. The fraction of sp³-hybridized carbons (Fsp3) is 0.550. The van der Waals surface area contributed by atoms with Crippen LogP contribution in [-0.2, 0) is 9.59 Å². The van der Waals surface area contributed by atoms with E-state index in [9.17, 15) is 14.4 Å². The zero-order chi connectivity index (χ0) is 18.5. The third-order valence-corrected chi connectivity index (χ3v) is 5.24. The number of piperazine rings is 1. The van der Waals surface area contributed by atoms with Crippen LogP contribution in [0.25, 0.3) is 0 Å². The summed E-state index contributed by atoms with van der Waals surface area (Å²) in [4.78, 5) is 42.8. The van der Waals surface area contributed by atoms with Gasteiger partial charge in [0, 0.05) is 44.8 Å². The third kappa shape index (κ3) is 4.49. The lowest BCUT2D eigenvalue weighted by molar-refractivity contribution is -0.134. The van der Waals surface area contributed by atoms with Crippen molar-refractivity contribution in [2.45, 2.75) is 26.2 Å². The lowest BCUT2D eigenvalue weighted by atomic mass is 10.1. The van der Waals surface area contributed by atoms with Crippen LogP contribution < -0.4 is 0 Å². The highest BCUT2D eigenvalue weighted by Crippen LogP contribution is 2.11. The zero-order valence-electron chi connectivity index (χ0n) is 15.4. The standard InChI is InChI=1S/C20H27N3O3/c1-16-5-7-17(8-6-16)19(25)20(26)23-13-11-21(12-14-23)15-18(24)22-9-3-2-4-10-22/h5-8H,2-4,9-15H2,1H3. The van der Waals surface area contributed by atoms with Gasteiger partial charge in [-0.25, -0.2) is 0 Å². The fourth-order valence-electron chi connectivity index (χ4n) is 3.52. The molecule has 3 rings (SSSR count). The van der Waals surface area contributed by atoms with E-state index in [4.69, 9.17) is 0 Å². The predicted molar refractivity (Wildman–Crippen MR) is 99.0 cm³/mol. The molecule has 1 aromatic carbocycles. The number of likely N-dealkylation sites (tertiary alicyclic amines) is 1. The highest BCUT2D eigenvalue weighted by molar-refractivity contribution is 6.42. The normalized spacial score (nSPS) is 18.7. The van der Waals surface area contributed by atoms with Gasteiger partial charge in [0.15, 0.2) is 0 Å². The molecule has 26 heavy (non-hydrogen) atoms. The van der Waals surface area contributed by atoms with Crippen molar-refractivity contribution in [2.24, 2.45) is 0 Å². The highest BCUT2D eigenvalue weighted by Gasteiger charge is 2.28. The zero-order valence-corrected chi connectivity index (χ0v) is 15.4. The lowest BCUT2D eigenvalue weighted by Crippen LogP contribution is -2.53. The quantitative estimate of drug-likeness (QED) is 0.603. The number of carbonyl (C=O) groups is 3. The van der Waals surface area contributed by atoms with Crippen LogP contribution >= 0.6 is 0 Å². The van der Waals surface area contributed by atoms with Crippen LogP contribution in [0.1, 0.15) is 35.2 Å². The summed E-state index contributed by atoms with van der Waals surface area (Å²) in [6.07, 6.45) is 3.39. The average molecular weight is 357 g/mol. The van der Waals surface area contributed by atoms with E-state index in [1.54, 1.807) is 17.0 Å². The average Bonchev–Trinajstić information content (AvgIpc) is 2.69. The second kappa shape index (κ2) is 8.45. The Labute approximate surface area is 154 Å². The molecule has 2 saturated heterocycles. The van der Waals surface area contributed by atoms with E-state index in [0.29, 0.717) is 38.3 Å². The summed E-state index contributed by atoms with van der Waals surface area (Å²) in [7, 11) is 0. The van der Waals surface area contributed by atoms with Crippen LogP contribution in [0.2, 0.25) is 0 Å². The SMILES string of the molecule is Cc1ccc(C(=O)C(=O)N2CCN(CC(=O)N3CCCCC3)CC2)cc1. The van der Waals surface area contributed by atoms with E-state index in [-0.39, 0.29) is 5.91 Å². The first-order valence-electron chi connectivity index (χ1n) is 9.45. The number of carbonyl (C=O) groups excluding carboxylic acids is 3. The maximum absolute atomic E-state index is 12.4. The van der Waals surface area contributed by atoms with E-state index >= 15 is 0 Å². The van der Waals surface area contributed by atoms with Crippen LogP contribution in [0.3, 0.4) is 0 Å². The van der Waals surface area contributed by atoms with Gasteiger partial charge < -0.3 is 9.80 Å². The summed E-state index contributed by atoms with van der Waals surface area (Å²) in [5, 5.41) is 0. The molecule has 2 aliphatic rings. The molecular formula is C20H27N3O3. The van der Waals surface area contributed by atoms with Gasteiger partial charge in [-0.05, 0) is 26.2 Å². The number of aryl methyl sites for hydroxylation is 1. The van der Waals surface area contributed by atoms with Gasteiger partial charge in [-0.2, -0.15) is 0 Å². The highest BCUT2D eigenvalue weighted by atomic mass is 16.2. The molecule has 0 saturated carbocycles. The van der Waals surface area contributed by atoms with Gasteiger partial charge >= 0.3 is 0 Å². The Morgan fingerprint density at radius 1 is 0.808 bits per heavy atom. The van der Waals surface area contributed by atoms with Crippen LogP contribution in [0.4, 0.5) is 0 Å². The topological polar surface area (TPSA) is 60.9 Å². The van der Waals surface area contributed by atoms with Gasteiger partial charge in [0.25, 0.3) is 5.91 Å². The van der Waals surface area contributed by atoms with Gasteiger partial charge in [0.1, 0.15) is 0 Å². The minimum atomic E-state index is -0.456. The molecule has 0 bridgehead atoms. The van der Waals surface area contributed by atoms with Crippen molar-refractivity contribution >= 4 is 17.6 Å². The van der Waals surface area contributed by atoms with Crippen molar-refractivity contribution in [2.75, 3.05) is 45.8 Å². The molecule has 2 amide bonds. The van der Waals surface area contributed by atoms with Gasteiger partial charge in [0.2, 0.25) is 11.7 Å². The number of Topliss-reactive ketones (excluding diaryl/α,β-unsaturated/α-hetero) is 1. The maximum atomic E-state index is 12.4. The van der Waals surface area contributed by atoms with E-state index in [2.05, 4.69) is 4.90 Å². The van der Waals surface area contributed by atoms with Crippen LogP contribution in [0.5, 0.6) is 0 Å². The molecule has 0 atom stereocenters. The van der Waals surface area contributed by atoms with Gasteiger partial charge in [-0.1, -0.05) is 29.8 Å². The Morgan fingerprint density at radius 2 is 1.42 bits per heavy atom. The summed E-state index contributed by atoms with van der Waals surface area (Å²) >= 11 is 0. The molecule has 0 aromatic heterocycles. The molecule has 6 nitrogen and oxygen atoms in total. The first-order chi connectivity index (χ1) is 12.5. The monoisotopic (exact) mass is 357 g/mol. The fourth-order valence-corrected chi connectivity index (χ4v) is 3.52. The Morgan fingerprint density at radius 3 is 2.04 bits per heavy atom. The van der Waals surface area contributed by atoms with Crippen LogP contribution in [-0.4, -0.2) is 78.1 Å². The lowest BCUT2D eigenvalue weighted by Gasteiger charge is -2.35. The van der Waals surface area contributed by atoms with Crippen molar-refractivity contribution in [3.05, 3.63) is 35.4 Å². The molecular weight excluding hydrogens is 330 g/mol. The van der Waals surface area contributed by atoms with Gasteiger partial charge in [-0.15, -0.1) is 0 Å². The Kier molecular flexibility index (Phi) is 6.04. The Hall–Kier alpha value is -2.21. The Balaban J connectivity index is 1.48. The minimum Gasteiger partial charge on any atom is -0.342 e. The number of hydrogen-bond acceptors (Lipinski definition) is 4. The van der Waals surface area contributed by atoms with Gasteiger partial charge in [-0.3, -0.25) is 19.3 Å². The number of ketones is 1. The number of piperidine rings is 1. The van der Waals surface area contributed by atoms with Crippen molar-refractivity contribution in [3.8, 4) is 0 Å². The molecule has 2 fully saturated rings. The number of benzene rings is 1. The van der Waals surface area contributed by atoms with Crippen molar-refractivity contribution < 1.29 is 14.4 Å². The molecule has 2 heterocycles. The summed E-state index contributed by atoms with van der Waals surface area (Å²) in [5.74, 6) is -0.723. The van der Waals surface area contributed by atoms with Gasteiger partial charge in [0.05, 0.1) is 6.54 Å². The number of rotatable bonds is 4. The number of amides is 2. The Bertz CT molecular complexity index is 657. The molecule has 0 N–H and O–H groups in total. The number of nitrogens with zero attached hydrogens (tertiary/aromatic N) is 3. The molecule has 6 heteroatoms. The molecule has 0 spiro atoms. The first kappa shape index (κ1) is 18.6. The summed E-state index contributed by atoms with van der Waals surface area (Å²) in [5.41, 5.74) is 1.49. The molecule has 0 aliphatic carbocycles. The maximum Gasteiger partial charge on any atom is 0.295 e. The minimum absolute atomic E-state index is 0.181. The summed E-state index contributed by atoms with van der Waals surface area (Å²) in [6.45, 7) is 6.32.